The fourth-order valence-electron chi connectivity index (χ4n) is 2.88. The minimum atomic E-state index is 0.224. The lowest BCUT2D eigenvalue weighted by Gasteiger charge is -2.41. The Morgan fingerprint density at radius 2 is 2.00 bits per heavy atom. The summed E-state index contributed by atoms with van der Waals surface area (Å²) < 4.78 is 0. The molecule has 3 unspecified atom stereocenters. The van der Waals surface area contributed by atoms with Gasteiger partial charge in [-0.3, -0.25) is 9.69 Å². The number of hydrogen-bond donors (Lipinski definition) is 0. The average molecular weight is 239 g/mol. The number of carbonyl (C=O) groups is 1. The van der Waals surface area contributed by atoms with Crippen LogP contribution < -0.4 is 0 Å². The maximum Gasteiger partial charge on any atom is 0.138 e. The van der Waals surface area contributed by atoms with Crippen LogP contribution in [0.3, 0.4) is 0 Å². The fraction of sp³-hybridized carbons (Fsp3) is 0.933. The summed E-state index contributed by atoms with van der Waals surface area (Å²) in [6.07, 6.45) is 7.39. The minimum Gasteiger partial charge on any atom is -0.299 e. The van der Waals surface area contributed by atoms with Crippen molar-refractivity contribution >= 4 is 5.78 Å². The summed E-state index contributed by atoms with van der Waals surface area (Å²) >= 11 is 0. The lowest BCUT2D eigenvalue weighted by molar-refractivity contribution is -0.128. The summed E-state index contributed by atoms with van der Waals surface area (Å²) in [6, 6.07) is 1.06. The predicted octanol–water partition coefficient (Wildman–Crippen LogP) is 3.64. The maximum atomic E-state index is 11.6. The van der Waals surface area contributed by atoms with Gasteiger partial charge in [0.25, 0.3) is 0 Å². The molecule has 1 aliphatic rings. The monoisotopic (exact) mass is 239 g/mol. The largest absolute Gasteiger partial charge is 0.299 e. The summed E-state index contributed by atoms with van der Waals surface area (Å²) in [5.74, 6) is 0.675. The van der Waals surface area contributed by atoms with Crippen molar-refractivity contribution in [1.82, 2.24) is 4.90 Å². The number of unbranched alkanes of at least 4 members (excludes halogenated alkanes) is 3. The van der Waals surface area contributed by atoms with Crippen molar-refractivity contribution in [1.29, 1.82) is 0 Å². The van der Waals surface area contributed by atoms with Crippen molar-refractivity contribution in [2.45, 2.75) is 78.3 Å². The van der Waals surface area contributed by atoms with Gasteiger partial charge in [0.2, 0.25) is 0 Å². The molecule has 1 aliphatic heterocycles. The van der Waals surface area contributed by atoms with Crippen LogP contribution in [-0.4, -0.2) is 29.3 Å². The van der Waals surface area contributed by atoms with E-state index in [1.807, 2.05) is 0 Å². The molecule has 0 saturated carbocycles. The molecule has 2 nitrogen and oxygen atoms in total. The molecule has 0 amide bonds. The van der Waals surface area contributed by atoms with Crippen LogP contribution in [0.25, 0.3) is 0 Å². The Hall–Kier alpha value is -0.370. The molecule has 0 radical (unpaired) electrons. The van der Waals surface area contributed by atoms with Gasteiger partial charge >= 0.3 is 0 Å². The van der Waals surface area contributed by atoms with Crippen molar-refractivity contribution in [3.05, 3.63) is 0 Å². The van der Waals surface area contributed by atoms with E-state index in [1.54, 1.807) is 0 Å². The Labute approximate surface area is 107 Å². The van der Waals surface area contributed by atoms with Crippen LogP contribution in [0.15, 0.2) is 0 Å². The second-order valence-corrected chi connectivity index (χ2v) is 5.68. The molecule has 0 N–H and O–H groups in total. The first-order valence-electron chi connectivity index (χ1n) is 7.36. The van der Waals surface area contributed by atoms with E-state index in [0.29, 0.717) is 17.9 Å². The zero-order valence-corrected chi connectivity index (χ0v) is 12.0. The first-order chi connectivity index (χ1) is 8.07. The molecular weight excluding hydrogens is 210 g/mol. The minimum absolute atomic E-state index is 0.224. The highest BCUT2D eigenvalue weighted by atomic mass is 16.1. The molecule has 100 valence electrons. The van der Waals surface area contributed by atoms with Crippen LogP contribution in [-0.2, 0) is 4.79 Å². The molecule has 0 aromatic rings. The van der Waals surface area contributed by atoms with Gasteiger partial charge in [0, 0.05) is 31.0 Å². The Bertz CT molecular complexity index is 239. The third-order valence-corrected chi connectivity index (χ3v) is 4.41. The smallest absolute Gasteiger partial charge is 0.138 e. The van der Waals surface area contributed by atoms with E-state index in [0.717, 1.165) is 13.0 Å². The van der Waals surface area contributed by atoms with Crippen molar-refractivity contribution in [2.75, 3.05) is 6.54 Å². The van der Waals surface area contributed by atoms with Gasteiger partial charge in [0.05, 0.1) is 0 Å². The molecule has 1 rings (SSSR count). The number of rotatable bonds is 6. The molecule has 0 spiro atoms. The molecule has 0 bridgehead atoms. The van der Waals surface area contributed by atoms with Crippen LogP contribution in [0.2, 0.25) is 0 Å². The van der Waals surface area contributed by atoms with E-state index in [-0.39, 0.29) is 5.92 Å². The van der Waals surface area contributed by atoms with Crippen LogP contribution in [0.5, 0.6) is 0 Å². The van der Waals surface area contributed by atoms with E-state index >= 15 is 0 Å². The maximum absolute atomic E-state index is 11.6. The number of nitrogens with zero attached hydrogens (tertiary/aromatic N) is 1. The van der Waals surface area contributed by atoms with Gasteiger partial charge in [-0.25, -0.2) is 0 Å². The lowest BCUT2D eigenvalue weighted by atomic mass is 9.89. The Balaban J connectivity index is 2.35. The predicted molar refractivity (Wildman–Crippen MR) is 73.2 cm³/mol. The van der Waals surface area contributed by atoms with Gasteiger partial charge in [-0.15, -0.1) is 0 Å². The summed E-state index contributed by atoms with van der Waals surface area (Å²) in [5, 5.41) is 0. The number of carbonyl (C=O) groups excluding carboxylic acids is 1. The average Bonchev–Trinajstić information content (AvgIpc) is 2.31. The second kappa shape index (κ2) is 7.15. The SMILES string of the molecule is CCCCCCC(C)N1CCC(=O)C(C)C1C. The lowest BCUT2D eigenvalue weighted by Crippen LogP contribution is -2.50. The van der Waals surface area contributed by atoms with Gasteiger partial charge in [0.1, 0.15) is 5.78 Å². The highest BCUT2D eigenvalue weighted by Crippen LogP contribution is 2.24. The van der Waals surface area contributed by atoms with Crippen LogP contribution >= 0.6 is 0 Å². The third kappa shape index (κ3) is 4.09. The second-order valence-electron chi connectivity index (χ2n) is 5.68. The van der Waals surface area contributed by atoms with Gasteiger partial charge in [-0.2, -0.15) is 0 Å². The van der Waals surface area contributed by atoms with Gasteiger partial charge in [0.15, 0.2) is 0 Å². The zero-order valence-electron chi connectivity index (χ0n) is 12.0. The van der Waals surface area contributed by atoms with E-state index in [4.69, 9.17) is 0 Å². The Kier molecular flexibility index (Phi) is 6.18. The van der Waals surface area contributed by atoms with Gasteiger partial charge in [-0.05, 0) is 20.3 Å². The highest BCUT2D eigenvalue weighted by Gasteiger charge is 2.32. The summed E-state index contributed by atoms with van der Waals surface area (Å²) in [4.78, 5) is 14.2. The van der Waals surface area contributed by atoms with Gasteiger partial charge in [-0.1, -0.05) is 39.5 Å². The summed E-state index contributed by atoms with van der Waals surface area (Å²) in [6.45, 7) is 9.85. The molecule has 0 aromatic carbocycles. The van der Waals surface area contributed by atoms with E-state index < -0.39 is 0 Å². The highest BCUT2D eigenvalue weighted by molar-refractivity contribution is 5.82. The van der Waals surface area contributed by atoms with Crippen LogP contribution in [0.4, 0.5) is 0 Å². The van der Waals surface area contributed by atoms with Gasteiger partial charge < -0.3 is 0 Å². The molecule has 17 heavy (non-hydrogen) atoms. The molecule has 1 fully saturated rings. The van der Waals surface area contributed by atoms with E-state index in [9.17, 15) is 4.79 Å². The summed E-state index contributed by atoms with van der Waals surface area (Å²) in [7, 11) is 0. The molecule has 0 aromatic heterocycles. The molecular formula is C15H29NO. The standard InChI is InChI=1S/C15H29NO/c1-5-6-7-8-9-12(2)16-11-10-15(17)13(3)14(16)4/h12-14H,5-11H2,1-4H3. The fourth-order valence-corrected chi connectivity index (χ4v) is 2.88. The Morgan fingerprint density at radius 3 is 2.65 bits per heavy atom. The zero-order chi connectivity index (χ0) is 12.8. The normalized spacial score (nSPS) is 28.4. The first-order valence-corrected chi connectivity index (χ1v) is 7.36. The van der Waals surface area contributed by atoms with Crippen LogP contribution in [0, 0.1) is 5.92 Å². The molecule has 0 aliphatic carbocycles. The number of Topliss-reactive ketones (excluding diaryl/α,β-unsaturated/α-hetero) is 1. The topological polar surface area (TPSA) is 20.3 Å². The summed E-state index contributed by atoms with van der Waals surface area (Å²) in [5.41, 5.74) is 0. The first kappa shape index (κ1) is 14.7. The number of likely N-dealkylation sites (tertiary alicyclic amines) is 1. The third-order valence-electron chi connectivity index (χ3n) is 4.41. The van der Waals surface area contributed by atoms with Crippen molar-refractivity contribution in [2.24, 2.45) is 5.92 Å². The van der Waals surface area contributed by atoms with Crippen LogP contribution in [0.1, 0.15) is 66.2 Å². The molecule has 1 saturated heterocycles. The van der Waals surface area contributed by atoms with Crippen molar-refractivity contribution in [3.63, 3.8) is 0 Å². The quantitative estimate of drug-likeness (QED) is 0.659. The Morgan fingerprint density at radius 1 is 1.29 bits per heavy atom. The van der Waals surface area contributed by atoms with E-state index in [2.05, 4.69) is 32.6 Å². The molecule has 3 atom stereocenters. The number of hydrogen-bond acceptors (Lipinski definition) is 2. The van der Waals surface area contributed by atoms with Crippen molar-refractivity contribution in [3.8, 4) is 0 Å². The molecule has 2 heteroatoms. The number of ketones is 1. The van der Waals surface area contributed by atoms with E-state index in [1.165, 1.54) is 32.1 Å². The number of piperidine rings is 1. The van der Waals surface area contributed by atoms with Crippen molar-refractivity contribution < 1.29 is 4.79 Å². The molecule has 1 heterocycles.